The predicted octanol–water partition coefficient (Wildman–Crippen LogP) is 3.13. The molecule has 5 N–H and O–H groups in total. The number of Topliss-reactive ketones (excluding diaryl/α,β-unsaturated/α-hetero) is 1. The Labute approximate surface area is 344 Å². The van der Waals surface area contributed by atoms with Crippen molar-refractivity contribution in [3.63, 3.8) is 0 Å². The molecule has 5 atom stereocenters. The summed E-state index contributed by atoms with van der Waals surface area (Å²) >= 11 is 6.02. The summed E-state index contributed by atoms with van der Waals surface area (Å²) in [6, 6.07) is 7.65. The molecule has 3 fully saturated rings. The number of hydrogen-bond acceptors (Lipinski definition) is 9. The largest absolute Gasteiger partial charge is 0.472 e. The van der Waals surface area contributed by atoms with Crippen LogP contribution >= 0.6 is 11.6 Å². The van der Waals surface area contributed by atoms with Gasteiger partial charge in [0.25, 0.3) is 5.91 Å². The van der Waals surface area contributed by atoms with Crippen LogP contribution in [0.2, 0.25) is 5.02 Å². The molecule has 0 radical (unpaired) electrons. The lowest BCUT2D eigenvalue weighted by Gasteiger charge is -2.37. The van der Waals surface area contributed by atoms with Crippen molar-refractivity contribution in [2.75, 3.05) is 6.54 Å². The molecule has 2 aromatic rings. The first-order valence-electron chi connectivity index (χ1n) is 20.3. The average molecular weight is 822 g/mol. The van der Waals surface area contributed by atoms with Crippen molar-refractivity contribution >= 4 is 52.8 Å². The van der Waals surface area contributed by atoms with Crippen molar-refractivity contribution in [1.82, 2.24) is 36.5 Å². The fourth-order valence-electron chi connectivity index (χ4n) is 7.42. The third-order valence-corrected chi connectivity index (χ3v) is 11.0. The van der Waals surface area contributed by atoms with Gasteiger partial charge in [-0.05, 0) is 55.1 Å². The summed E-state index contributed by atoms with van der Waals surface area (Å²) in [6.45, 7) is 7.20. The summed E-state index contributed by atoms with van der Waals surface area (Å²) in [7, 11) is 0. The molecule has 3 aliphatic rings. The SMILES string of the molecule is CCC[C@H](NC(=O)[C@@H]1C[C@@H](Oc2ccc(Cl)cn2)CN1C(=O)[C@@H](NC(=O)[C@@H](NC(=O)C(=O)NCc1ccccc1)C1CCCCC1)C(C)(C)C)C(=O)C(=O)NC1CC1. The number of carbonyl (C=O) groups excluding carboxylic acids is 7. The van der Waals surface area contributed by atoms with Crippen LogP contribution in [0, 0.1) is 11.3 Å². The Morgan fingerprint density at radius 3 is 2.21 bits per heavy atom. The van der Waals surface area contributed by atoms with E-state index in [1.54, 1.807) is 32.9 Å². The minimum atomic E-state index is -1.20. The third kappa shape index (κ3) is 12.2. The Kier molecular flexibility index (Phi) is 15.3. The summed E-state index contributed by atoms with van der Waals surface area (Å²) < 4.78 is 6.11. The predicted molar refractivity (Wildman–Crippen MR) is 215 cm³/mol. The van der Waals surface area contributed by atoms with Gasteiger partial charge in [-0.15, -0.1) is 0 Å². The van der Waals surface area contributed by atoms with Gasteiger partial charge < -0.3 is 36.2 Å². The third-order valence-electron chi connectivity index (χ3n) is 10.8. The molecule has 0 spiro atoms. The molecule has 16 heteroatoms. The Morgan fingerprint density at radius 1 is 0.879 bits per heavy atom. The first-order chi connectivity index (χ1) is 27.6. The Bertz CT molecular complexity index is 1790. The van der Waals surface area contributed by atoms with Crippen molar-refractivity contribution in [3.8, 4) is 5.88 Å². The molecule has 1 aliphatic heterocycles. The lowest BCUT2D eigenvalue weighted by atomic mass is 9.82. The van der Waals surface area contributed by atoms with Crippen LogP contribution in [0.1, 0.15) is 97.5 Å². The Morgan fingerprint density at radius 2 is 1.59 bits per heavy atom. The van der Waals surface area contributed by atoms with E-state index in [0.29, 0.717) is 24.3 Å². The molecule has 5 rings (SSSR count). The van der Waals surface area contributed by atoms with Gasteiger partial charge in [0.15, 0.2) is 0 Å². The van der Waals surface area contributed by atoms with E-state index in [9.17, 15) is 33.6 Å². The van der Waals surface area contributed by atoms with Crippen LogP contribution in [-0.2, 0) is 40.1 Å². The lowest BCUT2D eigenvalue weighted by molar-refractivity contribution is -0.146. The maximum atomic E-state index is 14.8. The monoisotopic (exact) mass is 821 g/mol. The van der Waals surface area contributed by atoms with Crippen LogP contribution in [0.25, 0.3) is 0 Å². The number of nitrogens with zero attached hydrogens (tertiary/aromatic N) is 2. The van der Waals surface area contributed by atoms with Crippen molar-refractivity contribution in [2.45, 2.75) is 135 Å². The van der Waals surface area contributed by atoms with E-state index in [0.717, 1.165) is 37.7 Å². The maximum absolute atomic E-state index is 14.8. The quantitative estimate of drug-likeness (QED) is 0.158. The summed E-state index contributed by atoms with van der Waals surface area (Å²) in [4.78, 5) is 101. The zero-order valence-electron chi connectivity index (χ0n) is 33.7. The van der Waals surface area contributed by atoms with Gasteiger partial charge in [0.1, 0.15) is 24.2 Å². The minimum absolute atomic E-state index is 0.0207. The number of rotatable bonds is 16. The molecule has 15 nitrogen and oxygen atoms in total. The molecule has 1 aromatic carbocycles. The zero-order valence-corrected chi connectivity index (χ0v) is 34.4. The number of aromatic nitrogens is 1. The van der Waals surface area contributed by atoms with E-state index in [4.69, 9.17) is 16.3 Å². The maximum Gasteiger partial charge on any atom is 0.309 e. The van der Waals surface area contributed by atoms with Gasteiger partial charge >= 0.3 is 11.8 Å². The van der Waals surface area contributed by atoms with E-state index < -0.39 is 76.9 Å². The molecule has 6 amide bonds. The summed E-state index contributed by atoms with van der Waals surface area (Å²) in [5.74, 6) is -5.31. The van der Waals surface area contributed by atoms with E-state index in [1.807, 2.05) is 37.3 Å². The number of nitrogens with one attached hydrogen (secondary N) is 5. The molecule has 0 bridgehead atoms. The topological polar surface area (TPSA) is 205 Å². The molecular formula is C42H56ClN7O8. The molecule has 0 unspecified atom stereocenters. The number of likely N-dealkylation sites (tertiary alicyclic amines) is 1. The normalized spacial score (nSPS) is 19.8. The highest BCUT2D eigenvalue weighted by Gasteiger charge is 2.47. The standard InChI is InChI=1S/C42H56ClN7O8/c1-5-12-30(34(51)38(54)46-28-18-19-28)47-36(52)31-21-29(58-32-20-17-27(43)23-44-32)24-50(31)41(57)35(42(2,3)4)49-37(53)33(26-15-10-7-11-16-26)48-40(56)39(55)45-22-25-13-8-6-9-14-25/h6,8-9,13-14,17,20,23,26,28-31,33,35H,5,7,10-12,15-16,18-19,21-22,24H2,1-4H3,(H,45,55)(H,46,54)(H,47,52)(H,48,56)(H,49,53)/t29-,30+,31+,33+,35-/m1/s1. The number of ketones is 1. The molecule has 314 valence electrons. The fourth-order valence-corrected chi connectivity index (χ4v) is 7.53. The number of carbonyl (C=O) groups is 7. The Balaban J connectivity index is 1.36. The van der Waals surface area contributed by atoms with Crippen LogP contribution in [0.5, 0.6) is 5.88 Å². The molecule has 2 aliphatic carbocycles. The van der Waals surface area contributed by atoms with Crippen LogP contribution in [0.4, 0.5) is 0 Å². The molecule has 2 heterocycles. The highest BCUT2D eigenvalue weighted by atomic mass is 35.5. The van der Waals surface area contributed by atoms with Gasteiger partial charge in [-0.1, -0.05) is 95.3 Å². The van der Waals surface area contributed by atoms with Gasteiger partial charge in [0, 0.05) is 31.3 Å². The van der Waals surface area contributed by atoms with Crippen LogP contribution in [0.15, 0.2) is 48.7 Å². The number of benzene rings is 1. The number of hydrogen-bond donors (Lipinski definition) is 5. The molecule has 1 saturated heterocycles. The average Bonchev–Trinajstić information content (AvgIpc) is 3.93. The number of halogens is 1. The van der Waals surface area contributed by atoms with E-state index in [1.165, 1.54) is 11.1 Å². The smallest absolute Gasteiger partial charge is 0.309 e. The highest BCUT2D eigenvalue weighted by Crippen LogP contribution is 2.30. The number of amides is 6. The highest BCUT2D eigenvalue weighted by molar-refractivity contribution is 6.38. The van der Waals surface area contributed by atoms with Crippen molar-refractivity contribution in [3.05, 3.63) is 59.2 Å². The Hall–Kier alpha value is -5.05. The van der Waals surface area contributed by atoms with Crippen LogP contribution in [-0.4, -0.2) is 94.0 Å². The molecule has 1 aromatic heterocycles. The molecule has 58 heavy (non-hydrogen) atoms. The van der Waals surface area contributed by atoms with Gasteiger partial charge in [-0.2, -0.15) is 0 Å². The van der Waals surface area contributed by atoms with Gasteiger partial charge in [-0.3, -0.25) is 33.6 Å². The minimum Gasteiger partial charge on any atom is -0.472 e. The van der Waals surface area contributed by atoms with Gasteiger partial charge in [0.05, 0.1) is 17.6 Å². The van der Waals surface area contributed by atoms with Gasteiger partial charge in [0.2, 0.25) is 29.4 Å². The summed E-state index contributed by atoms with van der Waals surface area (Å²) in [6.07, 6.45) is 6.92. The second kappa shape index (κ2) is 20.1. The number of pyridine rings is 1. The van der Waals surface area contributed by atoms with Crippen molar-refractivity contribution in [2.24, 2.45) is 11.3 Å². The van der Waals surface area contributed by atoms with Crippen LogP contribution in [0.3, 0.4) is 0 Å². The first kappa shape index (κ1) is 44.1. The van der Waals surface area contributed by atoms with Crippen molar-refractivity contribution in [1.29, 1.82) is 0 Å². The summed E-state index contributed by atoms with van der Waals surface area (Å²) in [5.41, 5.74) is -0.102. The zero-order chi connectivity index (χ0) is 42.0. The number of ether oxygens (including phenoxy) is 1. The van der Waals surface area contributed by atoms with Crippen molar-refractivity contribution < 1.29 is 38.3 Å². The fraction of sp³-hybridized carbons (Fsp3) is 0.571. The molecular weight excluding hydrogens is 766 g/mol. The second-order valence-corrected chi connectivity index (χ2v) is 17.0. The first-order valence-corrected chi connectivity index (χ1v) is 20.7. The second-order valence-electron chi connectivity index (χ2n) is 16.6. The van der Waals surface area contributed by atoms with E-state index in [2.05, 4.69) is 31.6 Å². The summed E-state index contributed by atoms with van der Waals surface area (Å²) in [5, 5.41) is 14.0. The van der Waals surface area contributed by atoms with Gasteiger partial charge in [-0.25, -0.2) is 4.98 Å². The van der Waals surface area contributed by atoms with E-state index >= 15 is 0 Å². The van der Waals surface area contributed by atoms with E-state index in [-0.39, 0.29) is 43.8 Å². The molecule has 2 saturated carbocycles. The van der Waals surface area contributed by atoms with Crippen LogP contribution < -0.4 is 31.3 Å². The lowest BCUT2D eigenvalue weighted by Crippen LogP contribution is -2.62.